The third kappa shape index (κ3) is 3.34. The van der Waals surface area contributed by atoms with Crippen LogP contribution < -0.4 is 10.7 Å². The summed E-state index contributed by atoms with van der Waals surface area (Å²) in [6, 6.07) is 0. The molecule has 5 nitrogen and oxygen atoms in total. The van der Waals surface area contributed by atoms with E-state index in [1.54, 1.807) is 13.8 Å². The number of nitrogens with one attached hydrogen (secondary N) is 1. The van der Waals surface area contributed by atoms with Crippen LogP contribution in [0.3, 0.4) is 0 Å². The molecule has 0 aliphatic carbocycles. The van der Waals surface area contributed by atoms with Crippen molar-refractivity contribution in [3.05, 3.63) is 17.1 Å². The number of ether oxygens (including phenoxy) is 1. The second kappa shape index (κ2) is 5.25. The van der Waals surface area contributed by atoms with E-state index in [0.717, 1.165) is 0 Å². The molecule has 17 heavy (non-hydrogen) atoms. The monoisotopic (exact) mass is 298 g/mol. The predicted molar refractivity (Wildman–Crippen MR) is 65.1 cm³/mol. The van der Waals surface area contributed by atoms with Gasteiger partial charge in [0, 0.05) is 0 Å². The average Bonchev–Trinajstić information content (AvgIpc) is 2.15. The molecule has 0 aliphatic rings. The molecule has 0 fully saturated rings. The van der Waals surface area contributed by atoms with Gasteiger partial charge >= 0.3 is 5.97 Å². The number of aryl methyl sites for hydroxylation is 1. The summed E-state index contributed by atoms with van der Waals surface area (Å²) in [4.78, 5) is 18.1. The fourth-order valence-electron chi connectivity index (χ4n) is 1.23. The van der Waals surface area contributed by atoms with Crippen LogP contribution in [0.15, 0.2) is 0 Å². The lowest BCUT2D eigenvalue weighted by Crippen LogP contribution is -2.29. The molecule has 0 spiro atoms. The molecule has 1 heterocycles. The van der Waals surface area contributed by atoms with Gasteiger partial charge in [0.2, 0.25) is 5.82 Å². The fraction of sp³-hybridized carbons (Fsp3) is 0.444. The normalized spacial score (nSPS) is 11.4. The van der Waals surface area contributed by atoms with E-state index in [4.69, 9.17) is 45.3 Å². The summed E-state index contributed by atoms with van der Waals surface area (Å²) in [5.41, 5.74) is 6.16. The van der Waals surface area contributed by atoms with Crippen molar-refractivity contribution in [3.63, 3.8) is 0 Å². The van der Waals surface area contributed by atoms with Crippen LogP contribution in [0.1, 0.15) is 28.8 Å². The molecule has 94 valence electrons. The summed E-state index contributed by atoms with van der Waals surface area (Å²) in [5.74, 6) is -0.468. The molecule has 0 radical (unpaired) electrons. The number of aromatic amines is 1. The Morgan fingerprint density at radius 2 is 2.12 bits per heavy atom. The Hall–Kier alpha value is -0.780. The number of anilines is 1. The van der Waals surface area contributed by atoms with Crippen LogP contribution in [0.4, 0.5) is 5.82 Å². The van der Waals surface area contributed by atoms with Crippen LogP contribution in [0, 0.1) is 6.92 Å². The minimum Gasteiger partial charge on any atom is -0.462 e. The Kier molecular flexibility index (Phi) is 4.41. The molecule has 8 heteroatoms. The first-order chi connectivity index (χ1) is 7.77. The summed E-state index contributed by atoms with van der Waals surface area (Å²) >= 11 is 17.0. The van der Waals surface area contributed by atoms with Crippen LogP contribution in [-0.2, 0) is 8.53 Å². The number of esters is 1. The number of rotatable bonds is 2. The van der Waals surface area contributed by atoms with E-state index in [1.807, 2.05) is 0 Å². The van der Waals surface area contributed by atoms with Gasteiger partial charge in [0.15, 0.2) is 5.56 Å². The number of carbonyl (C=O) groups is 1. The molecule has 0 saturated heterocycles. The summed E-state index contributed by atoms with van der Waals surface area (Å²) in [5, 5.41) is 0. The van der Waals surface area contributed by atoms with Crippen LogP contribution in [0.2, 0.25) is 0 Å². The van der Waals surface area contributed by atoms with Crippen molar-refractivity contribution < 1.29 is 14.5 Å². The van der Waals surface area contributed by atoms with Gasteiger partial charge in [0.25, 0.3) is 9.62 Å². The quantitative estimate of drug-likeness (QED) is 0.667. The van der Waals surface area contributed by atoms with E-state index in [2.05, 4.69) is 9.97 Å². The maximum Gasteiger partial charge on any atom is 0.348 e. The second-order valence-corrected chi connectivity index (χ2v) is 5.46. The number of hydrogen-bond donors (Lipinski definition) is 1. The zero-order valence-corrected chi connectivity index (χ0v) is 11.4. The van der Waals surface area contributed by atoms with Crippen molar-refractivity contribution in [1.82, 2.24) is 4.98 Å². The summed E-state index contributed by atoms with van der Waals surface area (Å²) in [6.45, 7) is 3.51. The Balaban J connectivity index is 3.25. The van der Waals surface area contributed by atoms with Crippen molar-refractivity contribution >= 4 is 46.6 Å². The van der Waals surface area contributed by atoms with Crippen molar-refractivity contribution in [1.29, 1.82) is 0 Å². The van der Waals surface area contributed by atoms with Crippen LogP contribution in [-0.4, -0.2) is 17.6 Å². The molecule has 0 saturated carbocycles. The topological polar surface area (TPSA) is 79.3 Å². The average molecular weight is 300 g/mol. The van der Waals surface area contributed by atoms with Gasteiger partial charge in [-0.1, -0.05) is 34.8 Å². The molecule has 0 aliphatic heterocycles. The highest BCUT2D eigenvalue weighted by Crippen LogP contribution is 2.35. The molecule has 1 rings (SSSR count). The molecular weight excluding hydrogens is 288 g/mol. The summed E-state index contributed by atoms with van der Waals surface area (Å²) in [7, 11) is 0. The Bertz CT molecular complexity index is 423. The molecule has 0 atom stereocenters. The van der Waals surface area contributed by atoms with E-state index >= 15 is 0 Å². The second-order valence-electron chi connectivity index (χ2n) is 3.18. The van der Waals surface area contributed by atoms with Crippen molar-refractivity contribution in [2.24, 2.45) is 0 Å². The Morgan fingerprint density at radius 3 is 2.53 bits per heavy atom. The molecule has 0 bridgehead atoms. The van der Waals surface area contributed by atoms with Gasteiger partial charge in [-0.25, -0.2) is 9.78 Å². The van der Waals surface area contributed by atoms with E-state index < -0.39 is 9.76 Å². The van der Waals surface area contributed by atoms with Gasteiger partial charge < -0.3 is 10.5 Å². The van der Waals surface area contributed by atoms with E-state index in [1.165, 1.54) is 0 Å². The van der Waals surface area contributed by atoms with Gasteiger partial charge in [-0.3, -0.25) is 0 Å². The first kappa shape index (κ1) is 14.3. The number of aromatic nitrogens is 2. The zero-order chi connectivity index (χ0) is 13.2. The summed E-state index contributed by atoms with van der Waals surface area (Å²) in [6.07, 6.45) is 0. The van der Waals surface area contributed by atoms with E-state index in [-0.39, 0.29) is 23.8 Å². The largest absolute Gasteiger partial charge is 0.462 e. The highest BCUT2D eigenvalue weighted by atomic mass is 35.6. The first-order valence-corrected chi connectivity index (χ1v) is 5.84. The third-order valence-corrected chi connectivity index (χ3v) is 2.45. The predicted octanol–water partition coefficient (Wildman–Crippen LogP) is 1.79. The molecule has 0 amide bonds. The molecule has 1 aromatic rings. The Labute approximate surface area is 113 Å². The van der Waals surface area contributed by atoms with Gasteiger partial charge in [-0.15, -0.1) is 4.98 Å². The van der Waals surface area contributed by atoms with Gasteiger partial charge in [0.05, 0.1) is 6.61 Å². The number of alkyl halides is 3. The van der Waals surface area contributed by atoms with E-state index in [0.29, 0.717) is 5.69 Å². The van der Waals surface area contributed by atoms with Crippen molar-refractivity contribution in [2.75, 3.05) is 12.3 Å². The number of halogens is 3. The number of nitrogen functional groups attached to an aromatic ring is 1. The molecule has 3 N–H and O–H groups in total. The minimum absolute atomic E-state index is 0.0468. The standard InChI is InChI=1S/C9H10Cl3N3O2/c1-3-17-7(16)5-4(2)14-8(9(10,11)12)15-6(5)13/h3H2,1-2H3,(H2,13,14,15)/p+1. The van der Waals surface area contributed by atoms with Crippen LogP contribution >= 0.6 is 34.8 Å². The van der Waals surface area contributed by atoms with Gasteiger partial charge in [-0.2, -0.15) is 0 Å². The van der Waals surface area contributed by atoms with E-state index in [9.17, 15) is 4.79 Å². The number of H-pyrrole nitrogens is 1. The maximum absolute atomic E-state index is 11.6. The van der Waals surface area contributed by atoms with Crippen molar-refractivity contribution in [3.8, 4) is 0 Å². The number of nitrogens with two attached hydrogens (primary N) is 1. The molecule has 0 aromatic carbocycles. The SMILES string of the molecule is CCOC(=O)c1c(C)nc(C(Cl)(Cl)Cl)[nH+]c1N. The molecule has 0 unspecified atom stereocenters. The Morgan fingerprint density at radius 1 is 1.53 bits per heavy atom. The minimum atomic E-state index is -1.73. The number of carbonyl (C=O) groups excluding carboxylic acids is 1. The highest BCUT2D eigenvalue weighted by Gasteiger charge is 2.34. The van der Waals surface area contributed by atoms with Crippen molar-refractivity contribution in [2.45, 2.75) is 17.6 Å². The molecular formula is C9H11Cl3N3O2+. The lowest BCUT2D eigenvalue weighted by molar-refractivity contribution is -0.378. The fourth-order valence-corrected chi connectivity index (χ4v) is 1.50. The number of nitrogens with zero attached hydrogens (tertiary/aromatic N) is 1. The zero-order valence-electron chi connectivity index (χ0n) is 9.18. The van der Waals surface area contributed by atoms with Gasteiger partial charge in [-0.05, 0) is 13.8 Å². The van der Waals surface area contributed by atoms with Gasteiger partial charge in [0.1, 0.15) is 5.69 Å². The maximum atomic E-state index is 11.6. The van der Waals surface area contributed by atoms with Crippen LogP contribution in [0.25, 0.3) is 0 Å². The first-order valence-electron chi connectivity index (χ1n) is 4.71. The van der Waals surface area contributed by atoms with Crippen LogP contribution in [0.5, 0.6) is 0 Å². The third-order valence-electron chi connectivity index (χ3n) is 1.91. The lowest BCUT2D eigenvalue weighted by Gasteiger charge is -2.08. The number of hydrogen-bond acceptors (Lipinski definition) is 4. The smallest absolute Gasteiger partial charge is 0.348 e. The molecule has 1 aromatic heterocycles. The lowest BCUT2D eigenvalue weighted by atomic mass is 10.2. The summed E-state index contributed by atoms with van der Waals surface area (Å²) < 4.78 is 3.11. The highest BCUT2D eigenvalue weighted by molar-refractivity contribution is 6.66.